The van der Waals surface area contributed by atoms with E-state index in [1.54, 1.807) is 6.07 Å². The van der Waals surface area contributed by atoms with Crippen LogP contribution in [0, 0.1) is 0 Å². The van der Waals surface area contributed by atoms with Crippen LogP contribution in [0.1, 0.15) is 30.4 Å². The van der Waals surface area contributed by atoms with Crippen molar-refractivity contribution in [3.63, 3.8) is 0 Å². The van der Waals surface area contributed by atoms with Crippen LogP contribution in [0.2, 0.25) is 0 Å². The molecule has 2 rings (SSSR count). The lowest BCUT2D eigenvalue weighted by Gasteiger charge is -2.27. The molecule has 3 nitrogen and oxygen atoms in total. The molecular weight excluding hydrogens is 200 g/mol. The third-order valence-electron chi connectivity index (χ3n) is 3.30. The van der Waals surface area contributed by atoms with Gasteiger partial charge in [0.1, 0.15) is 5.75 Å². The predicted molar refractivity (Wildman–Crippen MR) is 65.1 cm³/mol. The van der Waals surface area contributed by atoms with Crippen molar-refractivity contribution in [2.75, 3.05) is 13.1 Å². The summed E-state index contributed by atoms with van der Waals surface area (Å²) >= 11 is 0. The molecule has 0 radical (unpaired) electrons. The SMILES string of the molecule is NCc1cccc(O)c1CN1CCCCC1. The van der Waals surface area contributed by atoms with Crippen LogP contribution in [0.15, 0.2) is 18.2 Å². The van der Waals surface area contributed by atoms with E-state index in [4.69, 9.17) is 5.73 Å². The zero-order valence-electron chi connectivity index (χ0n) is 9.65. The van der Waals surface area contributed by atoms with E-state index in [-0.39, 0.29) is 0 Å². The number of hydrogen-bond donors (Lipinski definition) is 2. The summed E-state index contributed by atoms with van der Waals surface area (Å²) in [5.74, 6) is 0.383. The smallest absolute Gasteiger partial charge is 0.120 e. The van der Waals surface area contributed by atoms with Gasteiger partial charge in [-0.3, -0.25) is 4.90 Å². The molecular formula is C13H20N2O. The Morgan fingerprint density at radius 1 is 1.19 bits per heavy atom. The molecule has 1 heterocycles. The Hall–Kier alpha value is -1.06. The molecule has 0 saturated carbocycles. The van der Waals surface area contributed by atoms with E-state index in [1.165, 1.54) is 19.3 Å². The maximum atomic E-state index is 9.87. The first kappa shape index (κ1) is 11.4. The van der Waals surface area contributed by atoms with Gasteiger partial charge in [0.15, 0.2) is 0 Å². The third kappa shape index (κ3) is 2.54. The van der Waals surface area contributed by atoms with Gasteiger partial charge in [0.05, 0.1) is 0 Å². The molecule has 1 aliphatic heterocycles. The fraction of sp³-hybridized carbons (Fsp3) is 0.538. The zero-order chi connectivity index (χ0) is 11.4. The lowest BCUT2D eigenvalue weighted by atomic mass is 10.0. The van der Waals surface area contributed by atoms with Gasteiger partial charge in [-0.15, -0.1) is 0 Å². The maximum absolute atomic E-state index is 9.87. The molecule has 0 spiro atoms. The summed E-state index contributed by atoms with van der Waals surface area (Å²) in [6, 6.07) is 5.61. The Kier molecular flexibility index (Phi) is 3.80. The van der Waals surface area contributed by atoms with Gasteiger partial charge < -0.3 is 10.8 Å². The van der Waals surface area contributed by atoms with Crippen LogP contribution in [0.4, 0.5) is 0 Å². The second-order valence-corrected chi connectivity index (χ2v) is 4.46. The summed E-state index contributed by atoms with van der Waals surface area (Å²) in [5.41, 5.74) is 7.76. The molecule has 0 aromatic heterocycles. The van der Waals surface area contributed by atoms with Gasteiger partial charge in [0.2, 0.25) is 0 Å². The van der Waals surface area contributed by atoms with Gasteiger partial charge in [0, 0.05) is 18.7 Å². The first-order chi connectivity index (χ1) is 7.81. The Balaban J connectivity index is 2.12. The minimum atomic E-state index is 0.383. The molecule has 1 aliphatic rings. The Labute approximate surface area is 96.9 Å². The number of rotatable bonds is 3. The number of nitrogens with two attached hydrogens (primary N) is 1. The van der Waals surface area contributed by atoms with Crippen molar-refractivity contribution < 1.29 is 5.11 Å². The molecule has 0 amide bonds. The molecule has 1 saturated heterocycles. The van der Waals surface area contributed by atoms with Gasteiger partial charge >= 0.3 is 0 Å². The Morgan fingerprint density at radius 3 is 2.62 bits per heavy atom. The van der Waals surface area contributed by atoms with Crippen molar-refractivity contribution in [3.05, 3.63) is 29.3 Å². The zero-order valence-corrected chi connectivity index (χ0v) is 9.65. The van der Waals surface area contributed by atoms with Gasteiger partial charge in [0.25, 0.3) is 0 Å². The van der Waals surface area contributed by atoms with E-state index >= 15 is 0 Å². The number of aromatic hydroxyl groups is 1. The van der Waals surface area contributed by atoms with Crippen LogP contribution in [0.5, 0.6) is 5.75 Å². The summed E-state index contributed by atoms with van der Waals surface area (Å²) in [5, 5.41) is 9.87. The van der Waals surface area contributed by atoms with Crippen LogP contribution < -0.4 is 5.73 Å². The monoisotopic (exact) mass is 220 g/mol. The van der Waals surface area contributed by atoms with Crippen molar-refractivity contribution in [3.8, 4) is 5.75 Å². The van der Waals surface area contributed by atoms with Crippen LogP contribution in [0.3, 0.4) is 0 Å². The van der Waals surface area contributed by atoms with E-state index in [1.807, 2.05) is 12.1 Å². The van der Waals surface area contributed by atoms with Crippen molar-refractivity contribution in [2.45, 2.75) is 32.4 Å². The van der Waals surface area contributed by atoms with Crippen LogP contribution in [0.25, 0.3) is 0 Å². The van der Waals surface area contributed by atoms with Crippen molar-refractivity contribution in [1.29, 1.82) is 0 Å². The number of phenols is 1. The average molecular weight is 220 g/mol. The fourth-order valence-electron chi connectivity index (χ4n) is 2.34. The quantitative estimate of drug-likeness (QED) is 0.817. The number of piperidine rings is 1. The second-order valence-electron chi connectivity index (χ2n) is 4.46. The van der Waals surface area contributed by atoms with E-state index in [9.17, 15) is 5.11 Å². The van der Waals surface area contributed by atoms with E-state index in [2.05, 4.69) is 4.90 Å². The van der Waals surface area contributed by atoms with E-state index < -0.39 is 0 Å². The summed E-state index contributed by atoms with van der Waals surface area (Å²) in [7, 11) is 0. The van der Waals surface area contributed by atoms with Crippen LogP contribution in [-0.2, 0) is 13.1 Å². The molecule has 3 N–H and O–H groups in total. The number of nitrogens with zero attached hydrogens (tertiary/aromatic N) is 1. The lowest BCUT2D eigenvalue weighted by Crippen LogP contribution is -2.29. The van der Waals surface area contributed by atoms with Gasteiger partial charge in [-0.05, 0) is 37.6 Å². The summed E-state index contributed by atoms with van der Waals surface area (Å²) in [4.78, 5) is 2.40. The van der Waals surface area contributed by atoms with Gasteiger partial charge in [-0.1, -0.05) is 18.6 Å². The summed E-state index contributed by atoms with van der Waals surface area (Å²) in [6.07, 6.45) is 3.87. The van der Waals surface area contributed by atoms with Crippen molar-refractivity contribution in [1.82, 2.24) is 4.90 Å². The largest absolute Gasteiger partial charge is 0.508 e. The minimum Gasteiger partial charge on any atom is -0.508 e. The van der Waals surface area contributed by atoms with E-state index in [0.717, 1.165) is 30.8 Å². The number of likely N-dealkylation sites (tertiary alicyclic amines) is 1. The minimum absolute atomic E-state index is 0.383. The molecule has 16 heavy (non-hydrogen) atoms. The first-order valence-corrected chi connectivity index (χ1v) is 6.03. The number of phenolic OH excluding ortho intramolecular Hbond substituents is 1. The predicted octanol–water partition coefficient (Wildman–Crippen LogP) is 1.84. The summed E-state index contributed by atoms with van der Waals surface area (Å²) < 4.78 is 0. The standard InChI is InChI=1S/C13H20N2O/c14-9-11-5-4-6-13(16)12(11)10-15-7-2-1-3-8-15/h4-6,16H,1-3,7-10,14H2. The Morgan fingerprint density at radius 2 is 1.94 bits per heavy atom. The highest BCUT2D eigenvalue weighted by Crippen LogP contribution is 2.24. The molecule has 0 unspecified atom stereocenters. The highest BCUT2D eigenvalue weighted by Gasteiger charge is 2.14. The van der Waals surface area contributed by atoms with Gasteiger partial charge in [-0.2, -0.15) is 0 Å². The summed E-state index contributed by atoms with van der Waals surface area (Å²) in [6.45, 7) is 3.60. The fourth-order valence-corrected chi connectivity index (χ4v) is 2.34. The molecule has 1 aromatic rings. The maximum Gasteiger partial charge on any atom is 0.120 e. The molecule has 1 aromatic carbocycles. The normalized spacial score (nSPS) is 17.6. The molecule has 1 fully saturated rings. The van der Waals surface area contributed by atoms with E-state index in [0.29, 0.717) is 12.3 Å². The van der Waals surface area contributed by atoms with Crippen molar-refractivity contribution in [2.24, 2.45) is 5.73 Å². The second kappa shape index (κ2) is 5.32. The van der Waals surface area contributed by atoms with Crippen molar-refractivity contribution >= 4 is 0 Å². The molecule has 0 bridgehead atoms. The topological polar surface area (TPSA) is 49.5 Å². The lowest BCUT2D eigenvalue weighted by molar-refractivity contribution is 0.218. The molecule has 0 atom stereocenters. The number of hydrogen-bond acceptors (Lipinski definition) is 3. The highest BCUT2D eigenvalue weighted by molar-refractivity contribution is 5.39. The highest BCUT2D eigenvalue weighted by atomic mass is 16.3. The third-order valence-corrected chi connectivity index (χ3v) is 3.30. The van der Waals surface area contributed by atoms with Crippen LogP contribution >= 0.6 is 0 Å². The van der Waals surface area contributed by atoms with Gasteiger partial charge in [-0.25, -0.2) is 0 Å². The number of benzene rings is 1. The Bertz CT molecular complexity index is 346. The van der Waals surface area contributed by atoms with Crippen LogP contribution in [-0.4, -0.2) is 23.1 Å². The molecule has 0 aliphatic carbocycles. The molecule has 3 heteroatoms. The average Bonchev–Trinajstić information content (AvgIpc) is 2.33. The first-order valence-electron chi connectivity index (χ1n) is 6.03. The molecule has 88 valence electrons.